The second kappa shape index (κ2) is 9.11. The molecule has 162 valence electrons. The minimum atomic E-state index is -0.463. The third-order valence-corrected chi connectivity index (χ3v) is 5.71. The number of ketones is 1. The summed E-state index contributed by atoms with van der Waals surface area (Å²) in [5.41, 5.74) is 9.73. The predicted octanol–water partition coefficient (Wildman–Crippen LogP) is 3.16. The van der Waals surface area contributed by atoms with Crippen molar-refractivity contribution in [3.63, 3.8) is 0 Å². The molecule has 1 aliphatic carbocycles. The third-order valence-electron chi connectivity index (χ3n) is 5.71. The van der Waals surface area contributed by atoms with Gasteiger partial charge in [0, 0.05) is 55.3 Å². The number of anilines is 1. The van der Waals surface area contributed by atoms with Gasteiger partial charge in [-0.25, -0.2) is 0 Å². The molecule has 0 aliphatic heterocycles. The molecular formula is C25H24N4O3. The molecule has 2 unspecified atom stereocenters. The SMILES string of the molecule is CN(CC(N)c1ccc(C(=O)Nc2ccncc2)cc1)C(=O)C1CC(=O)c2ccccc21. The molecule has 1 aliphatic rings. The Balaban J connectivity index is 1.38. The van der Waals surface area contributed by atoms with Gasteiger partial charge >= 0.3 is 0 Å². The van der Waals surface area contributed by atoms with Gasteiger partial charge in [-0.15, -0.1) is 0 Å². The van der Waals surface area contributed by atoms with Gasteiger partial charge in [0.1, 0.15) is 0 Å². The van der Waals surface area contributed by atoms with E-state index in [9.17, 15) is 14.4 Å². The molecule has 4 rings (SSSR count). The molecule has 0 radical (unpaired) electrons. The van der Waals surface area contributed by atoms with Gasteiger partial charge in [-0.05, 0) is 35.4 Å². The lowest BCUT2D eigenvalue weighted by Gasteiger charge is -2.25. The summed E-state index contributed by atoms with van der Waals surface area (Å²) in [6.07, 6.45) is 3.41. The van der Waals surface area contributed by atoms with Crippen molar-refractivity contribution < 1.29 is 14.4 Å². The highest BCUT2D eigenvalue weighted by Crippen LogP contribution is 2.34. The van der Waals surface area contributed by atoms with E-state index in [4.69, 9.17) is 5.73 Å². The zero-order valence-corrected chi connectivity index (χ0v) is 17.7. The topological polar surface area (TPSA) is 105 Å². The standard InChI is InChI=1S/C25H24N4O3/c1-29(25(32)21-14-23(30)20-5-3-2-4-19(20)21)15-22(26)16-6-8-17(9-7-16)24(31)28-18-10-12-27-13-11-18/h2-13,21-22H,14-15,26H2,1H3,(H,27,28,31). The monoisotopic (exact) mass is 428 g/mol. The number of benzene rings is 2. The largest absolute Gasteiger partial charge is 0.343 e. The van der Waals surface area contributed by atoms with Gasteiger partial charge in [0.05, 0.1) is 5.92 Å². The Morgan fingerprint density at radius 3 is 2.50 bits per heavy atom. The number of amides is 2. The van der Waals surface area contributed by atoms with Crippen LogP contribution in [-0.2, 0) is 4.79 Å². The molecule has 3 aromatic rings. The molecule has 0 saturated heterocycles. The van der Waals surface area contributed by atoms with Crippen LogP contribution in [0.25, 0.3) is 0 Å². The van der Waals surface area contributed by atoms with Crippen LogP contribution in [0.5, 0.6) is 0 Å². The first-order chi connectivity index (χ1) is 15.4. The molecule has 0 saturated carbocycles. The van der Waals surface area contributed by atoms with E-state index in [0.29, 0.717) is 23.4 Å². The number of rotatable bonds is 6. The second-order valence-electron chi connectivity index (χ2n) is 7.90. The van der Waals surface area contributed by atoms with Crippen molar-refractivity contribution in [3.8, 4) is 0 Å². The van der Waals surface area contributed by atoms with Gasteiger partial charge in [0.2, 0.25) is 5.91 Å². The van der Waals surface area contributed by atoms with Crippen molar-refractivity contribution in [3.05, 3.63) is 95.3 Å². The number of Topliss-reactive ketones (excluding diaryl/α,β-unsaturated/α-hetero) is 1. The first-order valence-electron chi connectivity index (χ1n) is 10.4. The van der Waals surface area contributed by atoms with Crippen LogP contribution in [0.1, 0.15) is 50.2 Å². The van der Waals surface area contributed by atoms with Crippen LogP contribution >= 0.6 is 0 Å². The summed E-state index contributed by atoms with van der Waals surface area (Å²) in [6.45, 7) is 0.300. The van der Waals surface area contributed by atoms with E-state index in [1.165, 1.54) is 0 Å². The maximum Gasteiger partial charge on any atom is 0.255 e. The molecule has 2 aromatic carbocycles. The van der Waals surface area contributed by atoms with Crippen LogP contribution in [0.3, 0.4) is 0 Å². The Hall–Kier alpha value is -3.84. The molecule has 2 atom stereocenters. The van der Waals surface area contributed by atoms with E-state index in [1.54, 1.807) is 66.8 Å². The van der Waals surface area contributed by atoms with Crippen LogP contribution in [0.15, 0.2) is 73.1 Å². The quantitative estimate of drug-likeness (QED) is 0.627. The zero-order chi connectivity index (χ0) is 22.7. The minimum absolute atomic E-state index is 0.00252. The van der Waals surface area contributed by atoms with E-state index >= 15 is 0 Å². The van der Waals surface area contributed by atoms with Gasteiger partial charge in [-0.2, -0.15) is 0 Å². The van der Waals surface area contributed by atoms with Crippen LogP contribution in [0.2, 0.25) is 0 Å². The van der Waals surface area contributed by atoms with Crippen molar-refractivity contribution in [2.45, 2.75) is 18.4 Å². The summed E-state index contributed by atoms with van der Waals surface area (Å²) in [5, 5.41) is 2.81. The average Bonchev–Trinajstić information content (AvgIpc) is 3.16. The number of carbonyl (C=O) groups excluding carboxylic acids is 3. The Morgan fingerprint density at radius 2 is 1.78 bits per heavy atom. The predicted molar refractivity (Wildman–Crippen MR) is 121 cm³/mol. The number of hydrogen-bond donors (Lipinski definition) is 2. The summed E-state index contributed by atoms with van der Waals surface area (Å²) in [4.78, 5) is 43.1. The third kappa shape index (κ3) is 4.43. The highest BCUT2D eigenvalue weighted by Gasteiger charge is 2.35. The van der Waals surface area contributed by atoms with Crippen LogP contribution < -0.4 is 11.1 Å². The first-order valence-corrected chi connectivity index (χ1v) is 10.4. The van der Waals surface area contributed by atoms with Crippen LogP contribution in [0, 0.1) is 0 Å². The smallest absolute Gasteiger partial charge is 0.255 e. The summed E-state index contributed by atoms with van der Waals surface area (Å²) in [6, 6.07) is 17.3. The lowest BCUT2D eigenvalue weighted by Crippen LogP contribution is -2.36. The number of likely N-dealkylation sites (N-methyl/N-ethyl adjacent to an activating group) is 1. The van der Waals surface area contributed by atoms with Gasteiger partial charge < -0.3 is 16.0 Å². The molecule has 7 nitrogen and oxygen atoms in total. The molecule has 32 heavy (non-hydrogen) atoms. The maximum absolute atomic E-state index is 13.0. The van der Waals surface area contributed by atoms with Crippen LogP contribution in [0.4, 0.5) is 5.69 Å². The van der Waals surface area contributed by atoms with Crippen molar-refractivity contribution in [1.29, 1.82) is 0 Å². The Bertz CT molecular complexity index is 1150. The lowest BCUT2D eigenvalue weighted by atomic mass is 9.99. The molecule has 3 N–H and O–H groups in total. The fourth-order valence-electron chi connectivity index (χ4n) is 3.96. The lowest BCUT2D eigenvalue weighted by molar-refractivity contribution is -0.131. The van der Waals surface area contributed by atoms with Gasteiger partial charge in [-0.1, -0.05) is 36.4 Å². The average molecular weight is 428 g/mol. The second-order valence-corrected chi connectivity index (χ2v) is 7.90. The van der Waals surface area contributed by atoms with Crippen molar-refractivity contribution in [1.82, 2.24) is 9.88 Å². The van der Waals surface area contributed by atoms with E-state index in [1.807, 2.05) is 18.2 Å². The molecule has 1 aromatic heterocycles. The fourth-order valence-corrected chi connectivity index (χ4v) is 3.96. The molecule has 1 heterocycles. The highest BCUT2D eigenvalue weighted by atomic mass is 16.2. The maximum atomic E-state index is 13.0. The number of aromatic nitrogens is 1. The Morgan fingerprint density at radius 1 is 1.09 bits per heavy atom. The number of fused-ring (bicyclic) bond motifs is 1. The van der Waals surface area contributed by atoms with E-state index < -0.39 is 12.0 Å². The molecule has 0 fully saturated rings. The van der Waals surface area contributed by atoms with Crippen molar-refractivity contribution in [2.24, 2.45) is 5.73 Å². The number of nitrogens with two attached hydrogens (primary N) is 1. The number of hydrogen-bond acceptors (Lipinski definition) is 5. The first kappa shape index (κ1) is 21.4. The summed E-state index contributed by atoms with van der Waals surface area (Å²) in [7, 11) is 1.70. The molecule has 0 spiro atoms. The van der Waals surface area contributed by atoms with E-state index in [2.05, 4.69) is 10.3 Å². The number of nitrogens with one attached hydrogen (secondary N) is 1. The Labute approximate surface area is 186 Å². The molecular weight excluding hydrogens is 404 g/mol. The van der Waals surface area contributed by atoms with Gasteiger partial charge in [0.15, 0.2) is 5.78 Å². The Kier molecular flexibility index (Phi) is 6.09. The number of nitrogens with zero attached hydrogens (tertiary/aromatic N) is 2. The molecule has 0 bridgehead atoms. The minimum Gasteiger partial charge on any atom is -0.343 e. The fraction of sp³-hybridized carbons (Fsp3) is 0.200. The molecule has 2 amide bonds. The van der Waals surface area contributed by atoms with E-state index in [0.717, 1.165) is 11.1 Å². The van der Waals surface area contributed by atoms with Crippen molar-refractivity contribution >= 4 is 23.3 Å². The summed E-state index contributed by atoms with van der Waals surface area (Å²) < 4.78 is 0. The zero-order valence-electron chi connectivity index (χ0n) is 17.7. The number of pyridine rings is 1. The normalized spacial score (nSPS) is 15.7. The van der Waals surface area contributed by atoms with Crippen LogP contribution in [-0.4, -0.2) is 41.1 Å². The highest BCUT2D eigenvalue weighted by molar-refractivity contribution is 6.06. The summed E-state index contributed by atoms with van der Waals surface area (Å²) in [5.74, 6) is -0.812. The van der Waals surface area contributed by atoms with Gasteiger partial charge in [-0.3, -0.25) is 19.4 Å². The number of carbonyl (C=O) groups is 3. The van der Waals surface area contributed by atoms with E-state index in [-0.39, 0.29) is 24.0 Å². The van der Waals surface area contributed by atoms with Gasteiger partial charge in [0.25, 0.3) is 5.91 Å². The molecule has 7 heteroatoms. The summed E-state index contributed by atoms with van der Waals surface area (Å²) >= 11 is 0. The van der Waals surface area contributed by atoms with Crippen molar-refractivity contribution in [2.75, 3.05) is 18.9 Å².